The molecule has 0 spiro atoms. The van der Waals surface area contributed by atoms with Gasteiger partial charge in [-0.3, -0.25) is 0 Å². The Balaban J connectivity index is 2.10. The van der Waals surface area contributed by atoms with E-state index in [-0.39, 0.29) is 11.1 Å². The van der Waals surface area contributed by atoms with Crippen LogP contribution in [0, 0.1) is 18.6 Å². The van der Waals surface area contributed by atoms with E-state index < -0.39 is 11.6 Å². The third-order valence-electron chi connectivity index (χ3n) is 3.50. The Labute approximate surface area is 122 Å². The third-order valence-corrected chi connectivity index (χ3v) is 3.50. The van der Waals surface area contributed by atoms with Crippen molar-refractivity contribution in [3.05, 3.63) is 83.9 Å². The zero-order valence-electron chi connectivity index (χ0n) is 11.6. The Bertz CT molecular complexity index is 760. The molecule has 0 unspecified atom stereocenters. The van der Waals surface area contributed by atoms with Gasteiger partial charge in [-0.2, -0.15) is 0 Å². The summed E-state index contributed by atoms with van der Waals surface area (Å²) in [5.74, 6) is -0.836. The standard InChI is InChI=1S/C19H14F2/c1-13-7-9-15(10-8-13)17-12-18(20)16(11-19(17)21)14-5-3-2-4-6-14/h2-12H,1H3. The van der Waals surface area contributed by atoms with Crippen LogP contribution >= 0.6 is 0 Å². The van der Waals surface area contributed by atoms with Gasteiger partial charge in [-0.1, -0.05) is 60.2 Å². The topological polar surface area (TPSA) is 0 Å². The van der Waals surface area contributed by atoms with E-state index in [0.717, 1.165) is 5.56 Å². The second-order valence-electron chi connectivity index (χ2n) is 5.04. The Kier molecular flexibility index (Phi) is 3.53. The van der Waals surface area contributed by atoms with Crippen molar-refractivity contribution in [2.45, 2.75) is 6.92 Å². The summed E-state index contributed by atoms with van der Waals surface area (Å²) in [5, 5.41) is 0. The van der Waals surface area contributed by atoms with Crippen LogP contribution in [0.25, 0.3) is 22.3 Å². The lowest BCUT2D eigenvalue weighted by Crippen LogP contribution is -1.91. The van der Waals surface area contributed by atoms with E-state index in [4.69, 9.17) is 0 Å². The minimum atomic E-state index is -0.418. The van der Waals surface area contributed by atoms with Crippen molar-refractivity contribution in [3.63, 3.8) is 0 Å². The molecular formula is C19H14F2. The van der Waals surface area contributed by atoms with Crippen molar-refractivity contribution < 1.29 is 8.78 Å². The van der Waals surface area contributed by atoms with Crippen LogP contribution in [0.1, 0.15) is 5.56 Å². The predicted octanol–water partition coefficient (Wildman–Crippen LogP) is 5.61. The zero-order valence-corrected chi connectivity index (χ0v) is 11.6. The van der Waals surface area contributed by atoms with Crippen LogP contribution in [-0.4, -0.2) is 0 Å². The minimum absolute atomic E-state index is 0.281. The Morgan fingerprint density at radius 3 is 1.62 bits per heavy atom. The molecule has 0 aliphatic rings. The molecule has 0 aliphatic heterocycles. The zero-order chi connectivity index (χ0) is 14.8. The van der Waals surface area contributed by atoms with E-state index in [0.29, 0.717) is 11.1 Å². The molecule has 0 amide bonds. The second kappa shape index (κ2) is 5.49. The van der Waals surface area contributed by atoms with Crippen molar-refractivity contribution in [1.82, 2.24) is 0 Å². The predicted molar refractivity (Wildman–Crippen MR) is 82.0 cm³/mol. The SMILES string of the molecule is Cc1ccc(-c2cc(F)c(-c3ccccc3)cc2F)cc1. The lowest BCUT2D eigenvalue weighted by Gasteiger charge is -2.09. The molecule has 0 radical (unpaired) electrons. The molecule has 0 atom stereocenters. The molecule has 0 N–H and O–H groups in total. The molecule has 104 valence electrons. The number of aryl methyl sites for hydroxylation is 1. The molecule has 3 aromatic rings. The first kappa shape index (κ1) is 13.5. The summed E-state index contributed by atoms with van der Waals surface area (Å²) in [4.78, 5) is 0. The third kappa shape index (κ3) is 2.70. The molecule has 3 aromatic carbocycles. The Morgan fingerprint density at radius 1 is 0.619 bits per heavy atom. The maximum atomic E-state index is 14.3. The van der Waals surface area contributed by atoms with Crippen LogP contribution in [0.2, 0.25) is 0 Å². The molecule has 0 heterocycles. The van der Waals surface area contributed by atoms with E-state index >= 15 is 0 Å². The lowest BCUT2D eigenvalue weighted by atomic mass is 9.98. The molecule has 21 heavy (non-hydrogen) atoms. The van der Waals surface area contributed by atoms with Gasteiger partial charge in [-0.25, -0.2) is 8.78 Å². The first-order valence-corrected chi connectivity index (χ1v) is 6.76. The summed E-state index contributed by atoms with van der Waals surface area (Å²) in [6.07, 6.45) is 0. The number of rotatable bonds is 2. The number of hydrogen-bond acceptors (Lipinski definition) is 0. The van der Waals surface area contributed by atoms with E-state index in [1.807, 2.05) is 25.1 Å². The smallest absolute Gasteiger partial charge is 0.131 e. The fourth-order valence-corrected chi connectivity index (χ4v) is 2.34. The molecule has 0 aliphatic carbocycles. The van der Waals surface area contributed by atoms with Crippen LogP contribution in [0.5, 0.6) is 0 Å². The van der Waals surface area contributed by atoms with E-state index in [1.165, 1.54) is 12.1 Å². The maximum absolute atomic E-state index is 14.3. The van der Waals surface area contributed by atoms with Crippen LogP contribution < -0.4 is 0 Å². The van der Waals surface area contributed by atoms with Gasteiger partial charge in [0.2, 0.25) is 0 Å². The summed E-state index contributed by atoms with van der Waals surface area (Å²) >= 11 is 0. The number of halogens is 2. The van der Waals surface area contributed by atoms with Gasteiger partial charge >= 0.3 is 0 Å². The molecule has 2 heteroatoms. The van der Waals surface area contributed by atoms with Crippen LogP contribution in [-0.2, 0) is 0 Å². The molecule has 0 bridgehead atoms. The van der Waals surface area contributed by atoms with Gasteiger partial charge in [-0.05, 0) is 30.2 Å². The molecule has 0 fully saturated rings. The lowest BCUT2D eigenvalue weighted by molar-refractivity contribution is 0.606. The highest BCUT2D eigenvalue weighted by molar-refractivity contribution is 5.71. The quantitative estimate of drug-likeness (QED) is 0.572. The number of hydrogen-bond donors (Lipinski definition) is 0. The van der Waals surface area contributed by atoms with Crippen molar-refractivity contribution in [1.29, 1.82) is 0 Å². The molecule has 0 saturated carbocycles. The van der Waals surface area contributed by atoms with Gasteiger partial charge in [0, 0.05) is 11.1 Å². The monoisotopic (exact) mass is 280 g/mol. The summed E-state index contributed by atoms with van der Waals surface area (Å²) in [6.45, 7) is 1.96. The average Bonchev–Trinajstić information content (AvgIpc) is 2.51. The van der Waals surface area contributed by atoms with Crippen molar-refractivity contribution in [2.75, 3.05) is 0 Å². The Morgan fingerprint density at radius 2 is 1.10 bits per heavy atom. The van der Waals surface area contributed by atoms with E-state index in [9.17, 15) is 8.78 Å². The fourth-order valence-electron chi connectivity index (χ4n) is 2.34. The fraction of sp³-hybridized carbons (Fsp3) is 0.0526. The van der Waals surface area contributed by atoms with Crippen molar-refractivity contribution in [3.8, 4) is 22.3 Å². The molecule has 3 rings (SSSR count). The minimum Gasteiger partial charge on any atom is -0.206 e. The molecular weight excluding hydrogens is 266 g/mol. The van der Waals surface area contributed by atoms with Gasteiger partial charge < -0.3 is 0 Å². The highest BCUT2D eigenvalue weighted by Crippen LogP contribution is 2.30. The van der Waals surface area contributed by atoms with Crippen molar-refractivity contribution in [2.24, 2.45) is 0 Å². The van der Waals surface area contributed by atoms with Crippen LogP contribution in [0.3, 0.4) is 0 Å². The average molecular weight is 280 g/mol. The van der Waals surface area contributed by atoms with Gasteiger partial charge in [0.25, 0.3) is 0 Å². The molecule has 0 aromatic heterocycles. The van der Waals surface area contributed by atoms with Crippen LogP contribution in [0.15, 0.2) is 66.7 Å². The molecule has 0 nitrogen and oxygen atoms in total. The van der Waals surface area contributed by atoms with Gasteiger partial charge in [0.1, 0.15) is 11.6 Å². The van der Waals surface area contributed by atoms with Gasteiger partial charge in [0.05, 0.1) is 0 Å². The number of benzene rings is 3. The highest BCUT2D eigenvalue weighted by Gasteiger charge is 2.12. The van der Waals surface area contributed by atoms with E-state index in [1.54, 1.807) is 36.4 Å². The Hall–Kier alpha value is -2.48. The highest BCUT2D eigenvalue weighted by atomic mass is 19.1. The first-order chi connectivity index (χ1) is 10.1. The van der Waals surface area contributed by atoms with Gasteiger partial charge in [-0.15, -0.1) is 0 Å². The molecule has 0 saturated heterocycles. The normalized spacial score (nSPS) is 10.6. The summed E-state index contributed by atoms with van der Waals surface area (Å²) in [6, 6.07) is 18.9. The van der Waals surface area contributed by atoms with Gasteiger partial charge in [0.15, 0.2) is 0 Å². The largest absolute Gasteiger partial charge is 0.206 e. The van der Waals surface area contributed by atoms with Crippen LogP contribution in [0.4, 0.5) is 8.78 Å². The van der Waals surface area contributed by atoms with Crippen molar-refractivity contribution >= 4 is 0 Å². The summed E-state index contributed by atoms with van der Waals surface area (Å²) in [7, 11) is 0. The second-order valence-corrected chi connectivity index (χ2v) is 5.04. The first-order valence-electron chi connectivity index (χ1n) is 6.76. The van der Waals surface area contributed by atoms with E-state index in [2.05, 4.69) is 0 Å². The summed E-state index contributed by atoms with van der Waals surface area (Å²) < 4.78 is 28.6. The summed E-state index contributed by atoms with van der Waals surface area (Å²) in [5.41, 5.74) is 3.00. The maximum Gasteiger partial charge on any atom is 0.131 e.